The van der Waals surface area contributed by atoms with Gasteiger partial charge in [-0.05, 0) is 0 Å². The second-order valence-electron chi connectivity index (χ2n) is 2.45. The SMILES string of the molecule is CCC(=O)NN1CC(O)C1. The Hall–Kier alpha value is -0.610. The van der Waals surface area contributed by atoms with Gasteiger partial charge in [0.25, 0.3) is 0 Å². The molecule has 0 aromatic rings. The van der Waals surface area contributed by atoms with Crippen LogP contribution in [0.5, 0.6) is 0 Å². The molecule has 0 saturated carbocycles. The van der Waals surface area contributed by atoms with Crippen LogP contribution >= 0.6 is 0 Å². The molecule has 1 heterocycles. The summed E-state index contributed by atoms with van der Waals surface area (Å²) in [6, 6.07) is 0. The van der Waals surface area contributed by atoms with Crippen molar-refractivity contribution in [2.45, 2.75) is 19.4 Å². The van der Waals surface area contributed by atoms with E-state index in [9.17, 15) is 4.79 Å². The maximum Gasteiger partial charge on any atom is 0.233 e. The van der Waals surface area contributed by atoms with Crippen LogP contribution in [0.15, 0.2) is 0 Å². The zero-order valence-electron chi connectivity index (χ0n) is 6.00. The van der Waals surface area contributed by atoms with E-state index < -0.39 is 0 Å². The smallest absolute Gasteiger partial charge is 0.233 e. The third kappa shape index (κ3) is 1.68. The van der Waals surface area contributed by atoms with Crippen molar-refractivity contribution in [1.82, 2.24) is 10.4 Å². The molecule has 10 heavy (non-hydrogen) atoms. The lowest BCUT2D eigenvalue weighted by atomic mass is 10.2. The lowest BCUT2D eigenvalue weighted by Crippen LogP contribution is -2.58. The summed E-state index contributed by atoms with van der Waals surface area (Å²) >= 11 is 0. The molecule has 1 aliphatic heterocycles. The predicted octanol–water partition coefficient (Wildman–Crippen LogP) is -0.896. The molecule has 1 saturated heterocycles. The molecule has 2 N–H and O–H groups in total. The molecular weight excluding hydrogens is 132 g/mol. The van der Waals surface area contributed by atoms with Crippen molar-refractivity contribution in [2.24, 2.45) is 0 Å². The first-order chi connectivity index (χ1) is 4.72. The van der Waals surface area contributed by atoms with E-state index in [2.05, 4.69) is 5.43 Å². The minimum atomic E-state index is -0.253. The van der Waals surface area contributed by atoms with Crippen molar-refractivity contribution < 1.29 is 9.90 Å². The number of hydrogen-bond donors (Lipinski definition) is 2. The number of β-amino-alcohol motifs (C(OH)–C–C–N with tert-alkyl or cyclic N) is 1. The molecule has 58 valence electrons. The van der Waals surface area contributed by atoms with Crippen LogP contribution in [0.25, 0.3) is 0 Å². The Balaban J connectivity index is 2.10. The van der Waals surface area contributed by atoms with Gasteiger partial charge in [0.05, 0.1) is 6.10 Å². The maximum atomic E-state index is 10.7. The molecule has 0 aromatic carbocycles. The fraction of sp³-hybridized carbons (Fsp3) is 0.833. The fourth-order valence-corrected chi connectivity index (χ4v) is 0.802. The van der Waals surface area contributed by atoms with E-state index >= 15 is 0 Å². The van der Waals surface area contributed by atoms with Gasteiger partial charge in [-0.1, -0.05) is 6.92 Å². The van der Waals surface area contributed by atoms with E-state index in [1.807, 2.05) is 0 Å². The number of nitrogens with one attached hydrogen (secondary N) is 1. The first kappa shape index (κ1) is 7.50. The Labute approximate surface area is 59.8 Å². The van der Waals surface area contributed by atoms with Crippen molar-refractivity contribution in [2.75, 3.05) is 13.1 Å². The highest BCUT2D eigenvalue weighted by Crippen LogP contribution is 2.02. The van der Waals surface area contributed by atoms with Crippen molar-refractivity contribution >= 4 is 5.91 Å². The summed E-state index contributed by atoms with van der Waals surface area (Å²) in [6.45, 7) is 2.92. The molecule has 0 spiro atoms. The highest BCUT2D eigenvalue weighted by molar-refractivity contribution is 5.74. The average Bonchev–Trinajstić information content (AvgIpc) is 1.84. The molecule has 1 rings (SSSR count). The molecule has 1 aliphatic rings. The summed E-state index contributed by atoms with van der Waals surface area (Å²) in [5.74, 6) is 0.00639. The van der Waals surface area contributed by atoms with Gasteiger partial charge < -0.3 is 5.11 Å². The van der Waals surface area contributed by atoms with Gasteiger partial charge in [0, 0.05) is 19.5 Å². The summed E-state index contributed by atoms with van der Waals surface area (Å²) in [5, 5.41) is 10.5. The van der Waals surface area contributed by atoms with Crippen molar-refractivity contribution in [3.8, 4) is 0 Å². The largest absolute Gasteiger partial charge is 0.390 e. The second-order valence-corrected chi connectivity index (χ2v) is 2.45. The minimum absolute atomic E-state index is 0.00639. The maximum absolute atomic E-state index is 10.7. The van der Waals surface area contributed by atoms with Crippen LogP contribution in [-0.4, -0.2) is 35.2 Å². The lowest BCUT2D eigenvalue weighted by Gasteiger charge is -2.35. The fourth-order valence-electron chi connectivity index (χ4n) is 0.802. The number of carbonyl (C=O) groups is 1. The number of amides is 1. The average molecular weight is 144 g/mol. The number of hydrogen-bond acceptors (Lipinski definition) is 3. The molecule has 0 atom stereocenters. The highest BCUT2D eigenvalue weighted by Gasteiger charge is 2.24. The van der Waals surface area contributed by atoms with E-state index in [-0.39, 0.29) is 12.0 Å². The lowest BCUT2D eigenvalue weighted by molar-refractivity contribution is -0.131. The van der Waals surface area contributed by atoms with E-state index in [4.69, 9.17) is 5.11 Å². The van der Waals surface area contributed by atoms with Gasteiger partial charge >= 0.3 is 0 Å². The van der Waals surface area contributed by atoms with Crippen molar-refractivity contribution in [3.63, 3.8) is 0 Å². The van der Waals surface area contributed by atoms with Crippen LogP contribution in [0.3, 0.4) is 0 Å². The molecule has 0 aliphatic carbocycles. The van der Waals surface area contributed by atoms with E-state index in [0.29, 0.717) is 19.5 Å². The Bertz CT molecular complexity index is 132. The van der Waals surface area contributed by atoms with E-state index in [1.54, 1.807) is 11.9 Å². The number of carbonyl (C=O) groups excluding carboxylic acids is 1. The number of hydrazine groups is 1. The number of nitrogens with zero attached hydrogens (tertiary/aromatic N) is 1. The zero-order chi connectivity index (χ0) is 7.56. The van der Waals surface area contributed by atoms with Crippen LogP contribution < -0.4 is 5.43 Å². The molecule has 4 heteroatoms. The van der Waals surface area contributed by atoms with Crippen LogP contribution in [0.2, 0.25) is 0 Å². The zero-order valence-corrected chi connectivity index (χ0v) is 6.00. The summed E-state index contributed by atoms with van der Waals surface area (Å²) in [7, 11) is 0. The Morgan fingerprint density at radius 2 is 2.40 bits per heavy atom. The Morgan fingerprint density at radius 1 is 1.80 bits per heavy atom. The summed E-state index contributed by atoms with van der Waals surface area (Å²) in [5.41, 5.74) is 2.63. The van der Waals surface area contributed by atoms with Crippen molar-refractivity contribution in [3.05, 3.63) is 0 Å². The molecule has 0 aromatic heterocycles. The summed E-state index contributed by atoms with van der Waals surface area (Å²) in [4.78, 5) is 10.7. The van der Waals surface area contributed by atoms with Crippen LogP contribution in [0, 0.1) is 0 Å². The molecule has 4 nitrogen and oxygen atoms in total. The summed E-state index contributed by atoms with van der Waals surface area (Å²) < 4.78 is 0. The van der Waals surface area contributed by atoms with Gasteiger partial charge in [-0.15, -0.1) is 0 Å². The molecule has 0 bridgehead atoms. The highest BCUT2D eigenvalue weighted by atomic mass is 16.3. The molecule has 0 radical (unpaired) electrons. The first-order valence-electron chi connectivity index (χ1n) is 3.45. The van der Waals surface area contributed by atoms with E-state index in [1.165, 1.54) is 0 Å². The third-order valence-corrected chi connectivity index (χ3v) is 1.47. The van der Waals surface area contributed by atoms with Gasteiger partial charge in [-0.3, -0.25) is 10.2 Å². The minimum Gasteiger partial charge on any atom is -0.390 e. The molecule has 1 amide bonds. The molecular formula is C6H12N2O2. The van der Waals surface area contributed by atoms with Gasteiger partial charge in [0.1, 0.15) is 0 Å². The topological polar surface area (TPSA) is 52.6 Å². The summed E-state index contributed by atoms with van der Waals surface area (Å²) in [6.07, 6.45) is 0.240. The van der Waals surface area contributed by atoms with E-state index in [0.717, 1.165) is 0 Å². The third-order valence-electron chi connectivity index (χ3n) is 1.47. The normalized spacial score (nSPS) is 20.2. The quantitative estimate of drug-likeness (QED) is 0.528. The number of aliphatic hydroxyl groups excluding tert-OH is 1. The van der Waals surface area contributed by atoms with Gasteiger partial charge in [0.2, 0.25) is 5.91 Å². The number of aliphatic hydroxyl groups is 1. The second kappa shape index (κ2) is 2.98. The Morgan fingerprint density at radius 3 is 2.80 bits per heavy atom. The van der Waals surface area contributed by atoms with Gasteiger partial charge in [-0.25, -0.2) is 5.01 Å². The van der Waals surface area contributed by atoms with Gasteiger partial charge in [-0.2, -0.15) is 0 Å². The molecule has 0 unspecified atom stereocenters. The monoisotopic (exact) mass is 144 g/mol. The van der Waals surface area contributed by atoms with Crippen LogP contribution in [0.1, 0.15) is 13.3 Å². The molecule has 1 fully saturated rings. The predicted molar refractivity (Wildman–Crippen MR) is 36.0 cm³/mol. The standard InChI is InChI=1S/C6H12N2O2/c1-2-6(10)7-8-3-5(9)4-8/h5,9H,2-4H2,1H3,(H,7,10). The first-order valence-corrected chi connectivity index (χ1v) is 3.45. The van der Waals surface area contributed by atoms with Crippen LogP contribution in [0.4, 0.5) is 0 Å². The van der Waals surface area contributed by atoms with Gasteiger partial charge in [0.15, 0.2) is 0 Å². The van der Waals surface area contributed by atoms with Crippen LogP contribution in [-0.2, 0) is 4.79 Å². The number of rotatable bonds is 2. The van der Waals surface area contributed by atoms with Crippen molar-refractivity contribution in [1.29, 1.82) is 0 Å². The Kier molecular flexibility index (Phi) is 2.24.